The Kier molecular flexibility index (Phi) is 8.62. The van der Waals surface area contributed by atoms with Crippen molar-refractivity contribution in [3.8, 4) is 17.2 Å². The first-order valence-electron chi connectivity index (χ1n) is 14.3. The lowest BCUT2D eigenvalue weighted by atomic mass is 9.94. The van der Waals surface area contributed by atoms with E-state index in [-0.39, 0.29) is 17.4 Å². The van der Waals surface area contributed by atoms with Crippen molar-refractivity contribution in [1.82, 2.24) is 4.90 Å². The number of benzene rings is 3. The maximum absolute atomic E-state index is 13.5. The first-order valence-corrected chi connectivity index (χ1v) is 14.3. The Morgan fingerprint density at radius 2 is 1.83 bits per heavy atom. The molecule has 0 aromatic heterocycles. The summed E-state index contributed by atoms with van der Waals surface area (Å²) in [7, 11) is 1.57. The molecule has 1 saturated heterocycles. The normalized spacial score (nSPS) is 19.2. The van der Waals surface area contributed by atoms with E-state index in [0.717, 1.165) is 36.1 Å². The Labute approximate surface area is 241 Å². The van der Waals surface area contributed by atoms with E-state index in [0.29, 0.717) is 48.6 Å². The standard InChI is InChI=1S/C34H37NO6/c1-4-5-9-18-40-28-15-12-24(21-29(28)39-3)31-30(32(36)25-13-14-27-26(20-25)19-22(2)41-27)33(37)34(38)35(31)17-16-23-10-7-6-8-11-23/h6-8,10-15,20-22,31,36H,4-5,9,16-19H2,1-3H3. The molecule has 0 bridgehead atoms. The van der Waals surface area contributed by atoms with E-state index in [1.54, 1.807) is 24.1 Å². The molecule has 0 radical (unpaired) electrons. The predicted molar refractivity (Wildman–Crippen MR) is 157 cm³/mol. The van der Waals surface area contributed by atoms with E-state index in [2.05, 4.69) is 6.92 Å². The third-order valence-electron chi connectivity index (χ3n) is 7.70. The molecule has 1 fully saturated rings. The second-order valence-electron chi connectivity index (χ2n) is 10.6. The molecule has 3 aromatic carbocycles. The van der Waals surface area contributed by atoms with Crippen LogP contribution >= 0.6 is 0 Å². The van der Waals surface area contributed by atoms with Crippen LogP contribution in [0.3, 0.4) is 0 Å². The number of nitrogens with zero attached hydrogens (tertiary/aromatic N) is 1. The van der Waals surface area contributed by atoms with Crippen LogP contribution in [-0.2, 0) is 22.4 Å². The Hall–Kier alpha value is -4.26. The van der Waals surface area contributed by atoms with E-state index >= 15 is 0 Å². The fourth-order valence-electron chi connectivity index (χ4n) is 5.58. The maximum Gasteiger partial charge on any atom is 0.295 e. The molecule has 2 aliphatic rings. The zero-order valence-corrected chi connectivity index (χ0v) is 23.9. The first-order chi connectivity index (χ1) is 19.9. The maximum atomic E-state index is 13.5. The number of hydrogen-bond donors (Lipinski definition) is 1. The molecule has 0 spiro atoms. The largest absolute Gasteiger partial charge is 0.507 e. The summed E-state index contributed by atoms with van der Waals surface area (Å²) in [5, 5.41) is 11.6. The number of hydrogen-bond acceptors (Lipinski definition) is 6. The van der Waals surface area contributed by atoms with Gasteiger partial charge in [-0.3, -0.25) is 9.59 Å². The highest BCUT2D eigenvalue weighted by atomic mass is 16.5. The molecular weight excluding hydrogens is 518 g/mol. The van der Waals surface area contributed by atoms with Crippen molar-refractivity contribution < 1.29 is 28.9 Å². The summed E-state index contributed by atoms with van der Waals surface area (Å²) in [6, 6.07) is 19.9. The summed E-state index contributed by atoms with van der Waals surface area (Å²) in [4.78, 5) is 28.6. The van der Waals surface area contributed by atoms with Crippen molar-refractivity contribution >= 4 is 17.4 Å². The molecule has 214 valence electrons. The van der Waals surface area contributed by atoms with Gasteiger partial charge in [-0.15, -0.1) is 0 Å². The molecule has 0 saturated carbocycles. The number of fused-ring (bicyclic) bond motifs is 1. The van der Waals surface area contributed by atoms with Gasteiger partial charge < -0.3 is 24.2 Å². The molecule has 7 heteroatoms. The fourth-order valence-corrected chi connectivity index (χ4v) is 5.58. The molecule has 2 atom stereocenters. The zero-order chi connectivity index (χ0) is 28.9. The smallest absolute Gasteiger partial charge is 0.295 e. The molecule has 5 rings (SSSR count). The number of Topliss-reactive ketones (excluding diaryl/α,β-unsaturated/α-hetero) is 1. The van der Waals surface area contributed by atoms with Gasteiger partial charge in [-0.1, -0.05) is 56.2 Å². The molecule has 2 unspecified atom stereocenters. The number of ketones is 1. The van der Waals surface area contributed by atoms with Crippen LogP contribution in [0.15, 0.2) is 72.3 Å². The van der Waals surface area contributed by atoms with Gasteiger partial charge in [0, 0.05) is 18.5 Å². The Bertz CT molecular complexity index is 1450. The van der Waals surface area contributed by atoms with Gasteiger partial charge in [0.1, 0.15) is 17.6 Å². The fraction of sp³-hybridized carbons (Fsp3) is 0.353. The molecule has 2 aliphatic heterocycles. The summed E-state index contributed by atoms with van der Waals surface area (Å²) >= 11 is 0. The lowest BCUT2D eigenvalue weighted by Gasteiger charge is -2.26. The van der Waals surface area contributed by atoms with Gasteiger partial charge in [0.15, 0.2) is 11.5 Å². The highest BCUT2D eigenvalue weighted by Crippen LogP contribution is 2.43. The predicted octanol–water partition coefficient (Wildman–Crippen LogP) is 6.25. The van der Waals surface area contributed by atoms with E-state index < -0.39 is 17.7 Å². The van der Waals surface area contributed by atoms with Gasteiger partial charge >= 0.3 is 0 Å². The monoisotopic (exact) mass is 555 g/mol. The molecule has 0 aliphatic carbocycles. The van der Waals surface area contributed by atoms with Crippen LogP contribution in [0.4, 0.5) is 0 Å². The molecule has 3 aromatic rings. The summed E-state index contributed by atoms with van der Waals surface area (Å²) in [5.41, 5.74) is 3.22. The van der Waals surface area contributed by atoms with E-state index in [9.17, 15) is 14.7 Å². The zero-order valence-electron chi connectivity index (χ0n) is 23.9. The van der Waals surface area contributed by atoms with Crippen LogP contribution in [0, 0.1) is 0 Å². The number of aliphatic hydroxyl groups excluding tert-OH is 1. The average Bonchev–Trinajstić information content (AvgIpc) is 3.49. The minimum absolute atomic E-state index is 0.0427. The number of amides is 1. The van der Waals surface area contributed by atoms with Crippen LogP contribution in [0.5, 0.6) is 17.2 Å². The number of carbonyl (C=O) groups is 2. The van der Waals surface area contributed by atoms with Gasteiger partial charge in [-0.25, -0.2) is 0 Å². The number of ether oxygens (including phenoxy) is 3. The van der Waals surface area contributed by atoms with E-state index in [1.165, 1.54) is 0 Å². The summed E-state index contributed by atoms with van der Waals surface area (Å²) in [6.07, 6.45) is 4.42. The Morgan fingerprint density at radius 3 is 2.59 bits per heavy atom. The summed E-state index contributed by atoms with van der Waals surface area (Å²) < 4.78 is 17.4. The molecule has 1 amide bonds. The molecule has 7 nitrogen and oxygen atoms in total. The third kappa shape index (κ3) is 5.94. The van der Waals surface area contributed by atoms with Crippen molar-refractivity contribution in [3.05, 3.63) is 94.6 Å². The van der Waals surface area contributed by atoms with Gasteiger partial charge in [-0.05, 0) is 66.8 Å². The van der Waals surface area contributed by atoms with Crippen LogP contribution < -0.4 is 14.2 Å². The van der Waals surface area contributed by atoms with Gasteiger partial charge in [0.05, 0.1) is 25.3 Å². The Morgan fingerprint density at radius 1 is 1.02 bits per heavy atom. The van der Waals surface area contributed by atoms with Gasteiger partial charge in [0.25, 0.3) is 11.7 Å². The third-order valence-corrected chi connectivity index (χ3v) is 7.70. The number of unbranched alkanes of at least 4 members (excludes halogenated alkanes) is 2. The quantitative estimate of drug-likeness (QED) is 0.130. The Balaban J connectivity index is 1.54. The van der Waals surface area contributed by atoms with Crippen molar-refractivity contribution in [2.24, 2.45) is 0 Å². The number of aliphatic hydroxyl groups is 1. The second kappa shape index (κ2) is 12.5. The lowest BCUT2D eigenvalue weighted by Crippen LogP contribution is -2.31. The molecule has 2 heterocycles. The van der Waals surface area contributed by atoms with E-state index in [1.807, 2.05) is 61.5 Å². The second-order valence-corrected chi connectivity index (χ2v) is 10.6. The SMILES string of the molecule is CCCCCOc1ccc(C2C(=C(O)c3ccc4c(c3)CC(C)O4)C(=O)C(=O)N2CCc2ccccc2)cc1OC. The van der Waals surface area contributed by atoms with Crippen LogP contribution in [0.2, 0.25) is 0 Å². The van der Waals surface area contributed by atoms with Crippen molar-refractivity contribution in [1.29, 1.82) is 0 Å². The van der Waals surface area contributed by atoms with Crippen LogP contribution in [-0.4, -0.2) is 48.1 Å². The van der Waals surface area contributed by atoms with Crippen molar-refractivity contribution in [2.75, 3.05) is 20.3 Å². The summed E-state index contributed by atoms with van der Waals surface area (Å²) in [6.45, 7) is 5.01. The first kappa shape index (κ1) is 28.3. The van der Waals surface area contributed by atoms with Crippen molar-refractivity contribution in [3.63, 3.8) is 0 Å². The van der Waals surface area contributed by atoms with Gasteiger partial charge in [-0.2, -0.15) is 0 Å². The lowest BCUT2D eigenvalue weighted by molar-refractivity contribution is -0.139. The topological polar surface area (TPSA) is 85.3 Å². The highest BCUT2D eigenvalue weighted by molar-refractivity contribution is 6.46. The number of carbonyl (C=O) groups excluding carboxylic acids is 2. The number of rotatable bonds is 11. The van der Waals surface area contributed by atoms with Crippen molar-refractivity contribution in [2.45, 2.75) is 58.1 Å². The molecular formula is C34H37NO6. The molecule has 41 heavy (non-hydrogen) atoms. The van der Waals surface area contributed by atoms with Crippen LogP contribution in [0.1, 0.15) is 61.4 Å². The number of methoxy groups -OCH3 is 1. The molecule has 1 N–H and O–H groups in total. The van der Waals surface area contributed by atoms with Crippen LogP contribution in [0.25, 0.3) is 5.76 Å². The minimum Gasteiger partial charge on any atom is -0.507 e. The minimum atomic E-state index is -0.787. The average molecular weight is 556 g/mol. The summed E-state index contributed by atoms with van der Waals surface area (Å²) in [5.74, 6) is 0.344. The number of likely N-dealkylation sites (tertiary alicyclic amines) is 1. The van der Waals surface area contributed by atoms with Gasteiger partial charge in [0.2, 0.25) is 0 Å². The highest BCUT2D eigenvalue weighted by Gasteiger charge is 2.46. The van der Waals surface area contributed by atoms with E-state index in [4.69, 9.17) is 14.2 Å².